The monoisotopic (exact) mass is 862 g/mol. The van der Waals surface area contributed by atoms with E-state index < -0.39 is 8.07 Å². The van der Waals surface area contributed by atoms with E-state index in [1.807, 2.05) is 103 Å². The summed E-state index contributed by atoms with van der Waals surface area (Å²) in [5.41, 5.74) is 7.98. The molecule has 0 N–H and O–H groups in total. The fourth-order valence-electron chi connectivity index (χ4n) is 4.84. The van der Waals surface area contributed by atoms with Crippen LogP contribution in [0.3, 0.4) is 0 Å². The first-order valence-corrected chi connectivity index (χ1v) is 17.9. The molecule has 0 aliphatic heterocycles. The standard InChI is InChI=1S/C25H15N2.C14H16NSi.B.Ir.Y/c1-3-10-19(11-4-1)20-12-9-13-21(18-20)25-26-23-16-7-8-17-24(23)27(25)22-14-5-2-6-15-22;1-16(2,3)13-9-10-14(15-11-13)12-7-5-4-6-8-12;;;/h1-10,12,14-17H;4-7,9-11H,1-3H3;;;/q-3;-1;;;. The van der Waals surface area contributed by atoms with Crippen LogP contribution in [0.15, 0.2) is 134 Å². The van der Waals surface area contributed by atoms with E-state index in [1.54, 1.807) is 0 Å². The number of hydrogen-bond donors (Lipinski definition) is 0. The van der Waals surface area contributed by atoms with E-state index in [-0.39, 0.29) is 61.2 Å². The van der Waals surface area contributed by atoms with Crippen molar-refractivity contribution in [2.75, 3.05) is 0 Å². The zero-order chi connectivity index (χ0) is 29.6. The van der Waals surface area contributed by atoms with Crippen molar-refractivity contribution in [2.24, 2.45) is 0 Å². The molecule has 2 heterocycles. The van der Waals surface area contributed by atoms with Crippen LogP contribution in [0.25, 0.3) is 50.5 Å². The fraction of sp³-hybridized carbons (Fsp3) is 0.0769. The maximum Gasteiger partial charge on any atom is 0.0795 e. The first-order valence-electron chi connectivity index (χ1n) is 14.4. The average Bonchev–Trinajstić information content (AvgIpc) is 3.46. The first kappa shape index (κ1) is 37.2. The number of hydrogen-bond acceptors (Lipinski definition) is 2. The number of aromatic nitrogens is 3. The van der Waals surface area contributed by atoms with Crippen molar-refractivity contribution in [3.63, 3.8) is 0 Å². The Morgan fingerprint density at radius 1 is 0.630 bits per heavy atom. The summed E-state index contributed by atoms with van der Waals surface area (Å²) in [5.74, 6) is 0.834. The van der Waals surface area contributed by atoms with Gasteiger partial charge in [-0.2, -0.15) is 5.56 Å². The van der Waals surface area contributed by atoms with Crippen LogP contribution in [0.2, 0.25) is 19.6 Å². The van der Waals surface area contributed by atoms with Crippen LogP contribution in [-0.2, 0) is 52.8 Å². The molecule has 7 heteroatoms. The van der Waals surface area contributed by atoms with Gasteiger partial charge < -0.3 is 20.6 Å². The molecule has 2 aromatic heterocycles. The van der Waals surface area contributed by atoms with Crippen LogP contribution in [0, 0.1) is 24.3 Å². The van der Waals surface area contributed by atoms with E-state index in [2.05, 4.69) is 83.8 Å². The average molecular weight is 862 g/mol. The Kier molecular flexibility index (Phi) is 13.8. The van der Waals surface area contributed by atoms with Crippen LogP contribution in [0.4, 0.5) is 0 Å². The summed E-state index contributed by atoms with van der Waals surface area (Å²) in [6.07, 6.45) is 2.02. The van der Waals surface area contributed by atoms with Crippen LogP contribution in [0.5, 0.6) is 0 Å². The molecule has 7 aromatic rings. The van der Waals surface area contributed by atoms with E-state index in [1.165, 1.54) is 5.19 Å². The molecule has 7 rings (SSSR count). The molecular weight excluding hydrogens is 830 g/mol. The molecule has 0 saturated carbocycles. The summed E-state index contributed by atoms with van der Waals surface area (Å²) < 4.78 is 2.16. The number of para-hydroxylation sites is 3. The molecule has 0 aliphatic carbocycles. The molecule has 0 aliphatic rings. The van der Waals surface area contributed by atoms with Crippen molar-refractivity contribution in [1.29, 1.82) is 0 Å². The van der Waals surface area contributed by atoms with Crippen LogP contribution < -0.4 is 5.19 Å². The largest absolute Gasteiger partial charge is 0.374 e. The number of fused-ring (bicyclic) bond motifs is 1. The smallest absolute Gasteiger partial charge is 0.0795 e. The number of rotatable bonds is 5. The van der Waals surface area contributed by atoms with Gasteiger partial charge in [-0.1, -0.05) is 62.1 Å². The first-order chi connectivity index (χ1) is 21.0. The second kappa shape index (κ2) is 17.1. The molecule has 3 nitrogen and oxygen atoms in total. The fourth-order valence-corrected chi connectivity index (χ4v) is 5.88. The van der Waals surface area contributed by atoms with Crippen LogP contribution in [0.1, 0.15) is 0 Å². The Bertz CT molecular complexity index is 1940. The summed E-state index contributed by atoms with van der Waals surface area (Å²) >= 11 is 0. The van der Waals surface area contributed by atoms with E-state index in [9.17, 15) is 0 Å². The van der Waals surface area contributed by atoms with Crippen molar-refractivity contribution in [1.82, 2.24) is 14.5 Å². The molecule has 5 aromatic carbocycles. The van der Waals surface area contributed by atoms with Crippen LogP contribution >= 0.6 is 0 Å². The van der Waals surface area contributed by atoms with Gasteiger partial charge in [0.1, 0.15) is 0 Å². The van der Waals surface area contributed by atoms with Gasteiger partial charge in [-0.15, -0.1) is 66.2 Å². The predicted octanol–water partition coefficient (Wildman–Crippen LogP) is 8.47. The maximum atomic E-state index is 4.88. The number of imidazole rings is 1. The predicted molar refractivity (Wildman–Crippen MR) is 186 cm³/mol. The Labute approximate surface area is 314 Å². The van der Waals surface area contributed by atoms with Crippen LogP contribution in [-0.4, -0.2) is 31.0 Å². The van der Waals surface area contributed by atoms with Crippen molar-refractivity contribution >= 4 is 32.7 Å². The Hall–Kier alpha value is -3.24. The molecule has 0 fully saturated rings. The minimum Gasteiger partial charge on any atom is -0.374 e. The molecule has 0 saturated heterocycles. The molecule has 0 amide bonds. The third-order valence-electron chi connectivity index (χ3n) is 7.15. The number of benzene rings is 5. The summed E-state index contributed by atoms with van der Waals surface area (Å²) in [6, 6.07) is 55.8. The normalized spacial score (nSPS) is 10.4. The molecule has 0 spiro atoms. The summed E-state index contributed by atoms with van der Waals surface area (Å²) in [4.78, 5) is 9.40. The Balaban J connectivity index is 0.000000264. The second-order valence-electron chi connectivity index (χ2n) is 11.2. The Morgan fingerprint density at radius 2 is 1.28 bits per heavy atom. The summed E-state index contributed by atoms with van der Waals surface area (Å²) in [6.45, 7) is 7.00. The van der Waals surface area contributed by atoms with E-state index >= 15 is 0 Å². The zero-order valence-corrected chi connectivity index (χ0v) is 32.3. The SMILES string of the molecule is C[Si](C)(C)c1ccc(-c2[c-]cccc2)nc1.[B].[Ir].[Y].[c-]1ccc(-c2[c-]cccc2)[c-]c1-c1nc2ccccc2n1-c1ccccc1. The van der Waals surface area contributed by atoms with Gasteiger partial charge >= 0.3 is 0 Å². The molecule has 0 atom stereocenters. The second-order valence-corrected chi connectivity index (χ2v) is 16.3. The maximum absolute atomic E-state index is 4.88. The molecule has 5 radical (unpaired) electrons. The Morgan fingerprint density at radius 3 is 1.91 bits per heavy atom. The van der Waals surface area contributed by atoms with Gasteiger partial charge in [-0.3, -0.25) is 23.3 Å². The van der Waals surface area contributed by atoms with Gasteiger partial charge in [0.05, 0.1) is 19.1 Å². The summed E-state index contributed by atoms with van der Waals surface area (Å²) in [7, 11) is -1.23. The van der Waals surface area contributed by atoms with Gasteiger partial charge in [0.2, 0.25) is 0 Å². The molecule has 0 unspecified atom stereocenters. The van der Waals surface area contributed by atoms with Gasteiger partial charge in [-0.25, -0.2) is 6.07 Å². The third-order valence-corrected chi connectivity index (χ3v) is 9.18. The molecular formula is C39H31BIrN3SiY-4. The van der Waals surface area contributed by atoms with E-state index in [0.29, 0.717) is 0 Å². The van der Waals surface area contributed by atoms with Crippen molar-refractivity contribution < 1.29 is 52.8 Å². The number of nitrogens with zero attached hydrogens (tertiary/aromatic N) is 3. The van der Waals surface area contributed by atoms with Crippen molar-refractivity contribution in [2.45, 2.75) is 19.6 Å². The molecule has 0 bridgehead atoms. The third kappa shape index (κ3) is 8.76. The summed E-state index contributed by atoms with van der Waals surface area (Å²) in [5, 5.41) is 1.40. The zero-order valence-electron chi connectivity index (χ0n) is 26.0. The van der Waals surface area contributed by atoms with Gasteiger partial charge in [0.25, 0.3) is 0 Å². The minimum absolute atomic E-state index is 0. The van der Waals surface area contributed by atoms with Gasteiger partial charge in [0.15, 0.2) is 0 Å². The van der Waals surface area contributed by atoms with Gasteiger partial charge in [0, 0.05) is 73.1 Å². The topological polar surface area (TPSA) is 30.7 Å². The molecule has 225 valence electrons. The quantitative estimate of drug-likeness (QED) is 0.129. The van der Waals surface area contributed by atoms with E-state index in [4.69, 9.17) is 4.98 Å². The van der Waals surface area contributed by atoms with Crippen molar-refractivity contribution in [3.8, 4) is 39.5 Å². The molecule has 46 heavy (non-hydrogen) atoms. The van der Waals surface area contributed by atoms with Crippen molar-refractivity contribution in [3.05, 3.63) is 158 Å². The van der Waals surface area contributed by atoms with E-state index in [0.717, 1.165) is 50.5 Å². The minimum atomic E-state index is -1.23. The van der Waals surface area contributed by atoms with Gasteiger partial charge in [-0.05, 0) is 41.0 Å². The number of pyridine rings is 1.